The lowest BCUT2D eigenvalue weighted by atomic mass is 10.00. The number of morpholine rings is 1. The molecule has 1 fully saturated rings. The molecule has 6 nitrogen and oxygen atoms in total. The molecule has 148 valence electrons. The molecule has 1 aliphatic rings. The summed E-state index contributed by atoms with van der Waals surface area (Å²) in [5.74, 6) is 0.187. The fourth-order valence-electron chi connectivity index (χ4n) is 2.97. The van der Waals surface area contributed by atoms with Gasteiger partial charge in [-0.15, -0.1) is 0 Å². The number of rotatable bonds is 5. The van der Waals surface area contributed by atoms with Crippen LogP contribution >= 0.6 is 0 Å². The Balaban J connectivity index is 2.16. The largest absolute Gasteiger partial charge is 0.433 e. The van der Waals surface area contributed by atoms with Crippen molar-refractivity contribution in [3.63, 3.8) is 0 Å². The first kappa shape index (κ1) is 20.7. The molecule has 9 heteroatoms. The summed E-state index contributed by atoms with van der Waals surface area (Å²) in [7, 11) is 3.29. The van der Waals surface area contributed by atoms with E-state index in [0.29, 0.717) is 6.54 Å². The number of nitrogens with one attached hydrogen (secondary N) is 1. The summed E-state index contributed by atoms with van der Waals surface area (Å²) >= 11 is 0. The molecule has 0 spiro atoms. The number of hydrogen-bond donors (Lipinski definition) is 1. The monoisotopic (exact) mass is 375 g/mol. The van der Waals surface area contributed by atoms with E-state index in [2.05, 4.69) is 20.2 Å². The summed E-state index contributed by atoms with van der Waals surface area (Å²) < 4.78 is 45.1. The fraction of sp³-hybridized carbons (Fsp3) is 0.765. The van der Waals surface area contributed by atoms with Crippen molar-refractivity contribution in [2.45, 2.75) is 51.6 Å². The highest BCUT2D eigenvalue weighted by atomic mass is 19.4. The van der Waals surface area contributed by atoms with Gasteiger partial charge in [-0.2, -0.15) is 18.2 Å². The zero-order valence-corrected chi connectivity index (χ0v) is 16.2. The van der Waals surface area contributed by atoms with Gasteiger partial charge in [0, 0.05) is 45.3 Å². The molecule has 1 aromatic heterocycles. The molecular weight excluding hydrogens is 347 g/mol. The maximum atomic E-state index is 13.1. The maximum absolute atomic E-state index is 13.1. The standard InChI is InChI=1S/C17H28F3N5O/c1-11-8-25(9-12(2)26-11)16(3,4)10-21-15-22-13(17(18,19)20)7-14(23-15)24(5)6/h7,11-12H,8-10H2,1-6H3,(H,21,22,23). The number of ether oxygens (including phenoxy) is 1. The lowest BCUT2D eigenvalue weighted by Crippen LogP contribution is -2.57. The smallest absolute Gasteiger partial charge is 0.373 e. The first-order valence-electron chi connectivity index (χ1n) is 8.66. The summed E-state index contributed by atoms with van der Waals surface area (Å²) in [6, 6.07) is 0.946. The Morgan fingerprint density at radius 3 is 2.27 bits per heavy atom. The van der Waals surface area contributed by atoms with Crippen molar-refractivity contribution in [2.24, 2.45) is 0 Å². The van der Waals surface area contributed by atoms with Crippen molar-refractivity contribution in [1.29, 1.82) is 0 Å². The lowest BCUT2D eigenvalue weighted by Gasteiger charge is -2.45. The second-order valence-electron chi connectivity index (χ2n) is 7.66. The van der Waals surface area contributed by atoms with Crippen molar-refractivity contribution in [2.75, 3.05) is 43.9 Å². The van der Waals surface area contributed by atoms with Crippen molar-refractivity contribution in [1.82, 2.24) is 14.9 Å². The van der Waals surface area contributed by atoms with Gasteiger partial charge in [0.2, 0.25) is 5.95 Å². The molecular formula is C17H28F3N5O. The summed E-state index contributed by atoms with van der Waals surface area (Å²) in [5.41, 5.74) is -1.24. The number of nitrogens with zero attached hydrogens (tertiary/aromatic N) is 4. The van der Waals surface area contributed by atoms with Crippen LogP contribution in [0.1, 0.15) is 33.4 Å². The molecule has 0 saturated carbocycles. The predicted octanol–water partition coefficient (Wildman–Crippen LogP) is 2.86. The quantitative estimate of drug-likeness (QED) is 0.854. The van der Waals surface area contributed by atoms with E-state index in [9.17, 15) is 13.2 Å². The molecule has 2 rings (SSSR count). The van der Waals surface area contributed by atoms with E-state index >= 15 is 0 Å². The van der Waals surface area contributed by atoms with Crippen LogP contribution in [0.3, 0.4) is 0 Å². The molecule has 2 unspecified atom stereocenters. The highest BCUT2D eigenvalue weighted by Crippen LogP contribution is 2.30. The first-order chi connectivity index (χ1) is 11.9. The van der Waals surface area contributed by atoms with Crippen molar-refractivity contribution < 1.29 is 17.9 Å². The van der Waals surface area contributed by atoms with E-state index < -0.39 is 11.9 Å². The number of anilines is 2. The molecule has 26 heavy (non-hydrogen) atoms. The Hall–Kier alpha value is -1.61. The molecule has 1 saturated heterocycles. The zero-order chi connectivity index (χ0) is 19.7. The molecule has 2 heterocycles. The average molecular weight is 375 g/mol. The molecule has 1 aliphatic heterocycles. The van der Waals surface area contributed by atoms with E-state index in [4.69, 9.17) is 4.74 Å². The predicted molar refractivity (Wildman–Crippen MR) is 95.5 cm³/mol. The molecule has 0 aliphatic carbocycles. The Bertz CT molecular complexity index is 611. The van der Waals surface area contributed by atoms with Crippen LogP contribution < -0.4 is 10.2 Å². The molecule has 0 aromatic carbocycles. The minimum absolute atomic E-state index is 0.0223. The Morgan fingerprint density at radius 2 is 1.77 bits per heavy atom. The van der Waals surface area contributed by atoms with Crippen LogP contribution in [0.4, 0.5) is 24.9 Å². The molecule has 0 bridgehead atoms. The minimum atomic E-state index is -4.52. The van der Waals surface area contributed by atoms with E-state index in [0.717, 1.165) is 19.2 Å². The van der Waals surface area contributed by atoms with Gasteiger partial charge in [0.25, 0.3) is 0 Å². The van der Waals surface area contributed by atoms with Gasteiger partial charge in [0.15, 0.2) is 5.69 Å². The number of hydrogen-bond acceptors (Lipinski definition) is 6. The van der Waals surface area contributed by atoms with Gasteiger partial charge in [0.1, 0.15) is 5.82 Å². The van der Waals surface area contributed by atoms with Crippen LogP contribution in [0, 0.1) is 0 Å². The molecule has 1 N–H and O–H groups in total. The van der Waals surface area contributed by atoms with E-state index in [-0.39, 0.29) is 29.5 Å². The summed E-state index contributed by atoms with van der Waals surface area (Å²) in [6.45, 7) is 10.1. The molecule has 0 amide bonds. The van der Waals surface area contributed by atoms with Crippen molar-refractivity contribution in [3.05, 3.63) is 11.8 Å². The number of halogens is 3. The zero-order valence-electron chi connectivity index (χ0n) is 16.2. The van der Waals surface area contributed by atoms with Gasteiger partial charge in [-0.3, -0.25) is 4.90 Å². The van der Waals surface area contributed by atoms with Crippen LogP contribution in [0.15, 0.2) is 6.07 Å². The number of aromatic nitrogens is 2. The summed E-state index contributed by atoms with van der Waals surface area (Å²) in [6.07, 6.45) is -4.29. The number of alkyl halides is 3. The SMILES string of the molecule is CC1CN(C(C)(C)CNc2nc(N(C)C)cc(C(F)(F)F)n2)CC(C)O1. The van der Waals surface area contributed by atoms with Crippen LogP contribution in [0.5, 0.6) is 0 Å². The Kier molecular flexibility index (Phi) is 6.02. The first-order valence-corrected chi connectivity index (χ1v) is 8.66. The van der Waals surface area contributed by atoms with Gasteiger partial charge < -0.3 is 15.0 Å². The average Bonchev–Trinajstić information content (AvgIpc) is 2.51. The van der Waals surface area contributed by atoms with E-state index in [1.54, 1.807) is 14.1 Å². The Morgan fingerprint density at radius 1 is 1.19 bits per heavy atom. The molecule has 1 aromatic rings. The highest BCUT2D eigenvalue weighted by Gasteiger charge is 2.35. The highest BCUT2D eigenvalue weighted by molar-refractivity contribution is 5.44. The second kappa shape index (κ2) is 7.56. The van der Waals surface area contributed by atoms with Crippen LogP contribution in [0.25, 0.3) is 0 Å². The van der Waals surface area contributed by atoms with Crippen molar-refractivity contribution >= 4 is 11.8 Å². The van der Waals surface area contributed by atoms with Gasteiger partial charge in [-0.05, 0) is 27.7 Å². The van der Waals surface area contributed by atoms with Crippen LogP contribution in [-0.2, 0) is 10.9 Å². The molecule has 0 radical (unpaired) electrons. The maximum Gasteiger partial charge on any atom is 0.433 e. The van der Waals surface area contributed by atoms with Gasteiger partial charge in [-0.25, -0.2) is 4.98 Å². The third kappa shape index (κ3) is 5.20. The third-order valence-electron chi connectivity index (χ3n) is 4.42. The van der Waals surface area contributed by atoms with Crippen molar-refractivity contribution in [3.8, 4) is 0 Å². The van der Waals surface area contributed by atoms with Crippen LogP contribution in [-0.4, -0.2) is 66.3 Å². The summed E-state index contributed by atoms with van der Waals surface area (Å²) in [4.78, 5) is 11.6. The second-order valence-corrected chi connectivity index (χ2v) is 7.66. The third-order valence-corrected chi connectivity index (χ3v) is 4.42. The summed E-state index contributed by atoms with van der Waals surface area (Å²) in [5, 5.41) is 2.99. The van der Waals surface area contributed by atoms with Gasteiger partial charge >= 0.3 is 6.18 Å². The van der Waals surface area contributed by atoms with Gasteiger partial charge in [0.05, 0.1) is 12.2 Å². The van der Waals surface area contributed by atoms with E-state index in [1.165, 1.54) is 4.90 Å². The molecule has 2 atom stereocenters. The topological polar surface area (TPSA) is 53.5 Å². The normalized spacial score (nSPS) is 22.3. The fourth-order valence-corrected chi connectivity index (χ4v) is 2.97. The van der Waals surface area contributed by atoms with Crippen LogP contribution in [0.2, 0.25) is 0 Å². The lowest BCUT2D eigenvalue weighted by molar-refractivity contribution is -0.141. The van der Waals surface area contributed by atoms with Gasteiger partial charge in [-0.1, -0.05) is 0 Å². The minimum Gasteiger partial charge on any atom is -0.373 e. The Labute approximate surface area is 152 Å². The van der Waals surface area contributed by atoms with E-state index in [1.807, 2.05) is 27.7 Å².